The van der Waals surface area contributed by atoms with Gasteiger partial charge in [-0.3, -0.25) is 14.9 Å². The molecular formula is C24H30ClN7. The van der Waals surface area contributed by atoms with E-state index in [1.165, 1.54) is 19.3 Å². The molecule has 0 radical (unpaired) electrons. The van der Waals surface area contributed by atoms with Crippen molar-refractivity contribution in [1.29, 1.82) is 0 Å². The fourth-order valence-corrected chi connectivity index (χ4v) is 4.17. The molecule has 0 amide bonds. The van der Waals surface area contributed by atoms with Crippen LogP contribution in [0.3, 0.4) is 0 Å². The average Bonchev–Trinajstić information content (AvgIpc) is 3.22. The number of nitrogens with zero attached hydrogens (tertiary/aromatic N) is 4. The fraction of sp³-hybridized carbons (Fsp3) is 0.333. The van der Waals surface area contributed by atoms with Gasteiger partial charge in [0.25, 0.3) is 0 Å². The molecule has 4 N–H and O–H groups in total. The van der Waals surface area contributed by atoms with Gasteiger partial charge in [0.2, 0.25) is 0 Å². The summed E-state index contributed by atoms with van der Waals surface area (Å²) in [7, 11) is 1.72. The minimum Gasteiger partial charge on any atom is -0.386 e. The molecule has 0 aliphatic carbocycles. The van der Waals surface area contributed by atoms with Gasteiger partial charge in [0, 0.05) is 49.1 Å². The highest BCUT2D eigenvalue weighted by atomic mass is 35.5. The third-order valence-corrected chi connectivity index (χ3v) is 6.08. The molecule has 1 aromatic heterocycles. The number of para-hydroxylation sites is 1. The molecule has 168 valence electrons. The Bertz CT molecular complexity index is 1080. The predicted molar refractivity (Wildman–Crippen MR) is 133 cm³/mol. The summed E-state index contributed by atoms with van der Waals surface area (Å²) in [5, 5.41) is 6.41. The van der Waals surface area contributed by atoms with Crippen LogP contribution in [0.25, 0.3) is 16.5 Å². The van der Waals surface area contributed by atoms with Crippen molar-refractivity contribution in [2.75, 3.05) is 33.2 Å². The molecule has 4 heterocycles. The lowest BCUT2D eigenvalue weighted by Gasteiger charge is -2.29. The maximum absolute atomic E-state index is 6.53. The molecule has 3 aliphatic heterocycles. The topological polar surface area (TPSA) is 81.8 Å². The Morgan fingerprint density at radius 3 is 2.75 bits per heavy atom. The SMILES string of the molecule is C=C(N)NC.ClC1=CN2NCC(c3cnc4ccccc4c3)=C2N=C1CN1CCCCC1. The fourth-order valence-electron chi connectivity index (χ4n) is 3.97. The number of hydrogen-bond donors (Lipinski definition) is 3. The molecule has 5 rings (SSSR count). The van der Waals surface area contributed by atoms with Crippen molar-refractivity contribution < 1.29 is 0 Å². The number of benzene rings is 1. The maximum atomic E-state index is 6.53. The highest BCUT2D eigenvalue weighted by Gasteiger charge is 2.28. The van der Waals surface area contributed by atoms with Crippen LogP contribution in [-0.4, -0.2) is 53.8 Å². The first-order valence-corrected chi connectivity index (χ1v) is 11.3. The molecule has 0 atom stereocenters. The van der Waals surface area contributed by atoms with Gasteiger partial charge in [-0.25, -0.2) is 10.4 Å². The second kappa shape index (κ2) is 10.2. The highest BCUT2D eigenvalue weighted by molar-refractivity contribution is 6.44. The molecule has 0 unspecified atom stereocenters. The van der Waals surface area contributed by atoms with Crippen molar-refractivity contribution >= 4 is 33.8 Å². The molecule has 1 saturated heterocycles. The number of rotatable bonds is 4. The number of piperidine rings is 1. The van der Waals surface area contributed by atoms with E-state index in [9.17, 15) is 0 Å². The summed E-state index contributed by atoms with van der Waals surface area (Å²) in [5.74, 6) is 1.44. The van der Waals surface area contributed by atoms with Crippen LogP contribution < -0.4 is 16.5 Å². The first-order chi connectivity index (χ1) is 15.5. The van der Waals surface area contributed by atoms with E-state index in [1.807, 2.05) is 35.6 Å². The summed E-state index contributed by atoms with van der Waals surface area (Å²) in [4.78, 5) is 12.0. The summed E-state index contributed by atoms with van der Waals surface area (Å²) in [6, 6.07) is 10.4. The normalized spacial score (nSPS) is 18.5. The van der Waals surface area contributed by atoms with E-state index in [0.717, 1.165) is 64.8 Å². The van der Waals surface area contributed by atoms with Crippen LogP contribution in [0.15, 0.2) is 71.0 Å². The van der Waals surface area contributed by atoms with E-state index in [4.69, 9.17) is 22.3 Å². The van der Waals surface area contributed by atoms with E-state index in [0.29, 0.717) is 5.82 Å². The van der Waals surface area contributed by atoms with Crippen LogP contribution in [0.5, 0.6) is 0 Å². The quantitative estimate of drug-likeness (QED) is 0.661. The van der Waals surface area contributed by atoms with Gasteiger partial charge in [-0.1, -0.05) is 42.8 Å². The second-order valence-electron chi connectivity index (χ2n) is 8.07. The van der Waals surface area contributed by atoms with E-state index >= 15 is 0 Å². The number of aliphatic imine (C=N–C) groups is 1. The smallest absolute Gasteiger partial charge is 0.152 e. The molecule has 7 nitrogen and oxygen atoms in total. The summed E-state index contributed by atoms with van der Waals surface area (Å²) >= 11 is 6.53. The zero-order valence-corrected chi connectivity index (χ0v) is 19.2. The van der Waals surface area contributed by atoms with Crippen molar-refractivity contribution in [1.82, 2.24) is 25.6 Å². The van der Waals surface area contributed by atoms with Crippen LogP contribution in [0, 0.1) is 0 Å². The molecular weight excluding hydrogens is 422 g/mol. The number of fused-ring (bicyclic) bond motifs is 2. The number of halogens is 1. The largest absolute Gasteiger partial charge is 0.386 e. The molecule has 1 aromatic carbocycles. The van der Waals surface area contributed by atoms with Crippen LogP contribution in [-0.2, 0) is 0 Å². The molecule has 0 bridgehead atoms. The standard InChI is InChI=1S/C21H22ClN5.C3H8N2/c22-18-13-27-21(25-20(18)14-26-8-4-1-5-9-26)17(12-24-27)16-10-15-6-2-3-7-19(15)23-11-16;1-3(4)5-2/h2-3,6-7,10-11,13,24H,1,4-5,8-9,12,14H2;5H,1,4H2,2H3. The molecule has 1 fully saturated rings. The third-order valence-electron chi connectivity index (χ3n) is 5.77. The summed E-state index contributed by atoms with van der Waals surface area (Å²) in [5.41, 5.74) is 12.6. The Morgan fingerprint density at radius 1 is 1.25 bits per heavy atom. The molecule has 8 heteroatoms. The van der Waals surface area contributed by atoms with Crippen LogP contribution in [0.2, 0.25) is 0 Å². The van der Waals surface area contributed by atoms with Crippen LogP contribution in [0.4, 0.5) is 0 Å². The van der Waals surface area contributed by atoms with Gasteiger partial charge < -0.3 is 11.1 Å². The Hall–Kier alpha value is -2.87. The predicted octanol–water partition coefficient (Wildman–Crippen LogP) is 3.38. The third kappa shape index (κ3) is 5.12. The van der Waals surface area contributed by atoms with Crippen molar-refractivity contribution in [3.05, 3.63) is 71.5 Å². The van der Waals surface area contributed by atoms with Crippen LogP contribution >= 0.6 is 11.6 Å². The minimum absolute atomic E-state index is 0.505. The molecule has 3 aliphatic rings. The number of hydrogen-bond acceptors (Lipinski definition) is 7. The average molecular weight is 452 g/mol. The van der Waals surface area contributed by atoms with Crippen molar-refractivity contribution in [2.45, 2.75) is 19.3 Å². The van der Waals surface area contributed by atoms with Gasteiger partial charge in [0.1, 0.15) is 0 Å². The van der Waals surface area contributed by atoms with E-state index < -0.39 is 0 Å². The molecule has 0 spiro atoms. The Balaban J connectivity index is 0.000000444. The molecule has 0 saturated carbocycles. The van der Waals surface area contributed by atoms with Gasteiger partial charge in [0.05, 0.1) is 22.1 Å². The Kier molecular flexibility index (Phi) is 7.09. The molecule has 2 aromatic rings. The highest BCUT2D eigenvalue weighted by Crippen LogP contribution is 2.31. The number of pyridine rings is 1. The zero-order chi connectivity index (χ0) is 22.5. The maximum Gasteiger partial charge on any atom is 0.152 e. The second-order valence-corrected chi connectivity index (χ2v) is 8.48. The lowest BCUT2D eigenvalue weighted by Crippen LogP contribution is -2.37. The molecule has 32 heavy (non-hydrogen) atoms. The number of aromatic nitrogens is 1. The minimum atomic E-state index is 0.505. The summed E-state index contributed by atoms with van der Waals surface area (Å²) in [6.45, 7) is 7.14. The van der Waals surface area contributed by atoms with Crippen molar-refractivity contribution in [3.63, 3.8) is 0 Å². The summed E-state index contributed by atoms with van der Waals surface area (Å²) in [6.07, 6.45) is 7.74. The lowest BCUT2D eigenvalue weighted by molar-refractivity contribution is 0.258. The Labute approximate surface area is 194 Å². The summed E-state index contributed by atoms with van der Waals surface area (Å²) < 4.78 is 0. The van der Waals surface area contributed by atoms with E-state index in [-0.39, 0.29) is 0 Å². The van der Waals surface area contributed by atoms with Crippen molar-refractivity contribution in [2.24, 2.45) is 10.7 Å². The Morgan fingerprint density at radius 2 is 2.00 bits per heavy atom. The number of nitrogens with one attached hydrogen (secondary N) is 2. The number of nitrogens with two attached hydrogens (primary N) is 1. The first kappa shape index (κ1) is 22.3. The number of likely N-dealkylation sites (tertiary alicyclic amines) is 1. The van der Waals surface area contributed by atoms with Crippen molar-refractivity contribution in [3.8, 4) is 0 Å². The zero-order valence-electron chi connectivity index (χ0n) is 18.4. The van der Waals surface area contributed by atoms with Gasteiger partial charge in [-0.05, 0) is 38.1 Å². The van der Waals surface area contributed by atoms with E-state index in [1.54, 1.807) is 7.05 Å². The van der Waals surface area contributed by atoms with Gasteiger partial charge in [-0.2, -0.15) is 0 Å². The van der Waals surface area contributed by atoms with Gasteiger partial charge in [0.15, 0.2) is 5.82 Å². The lowest BCUT2D eigenvalue weighted by atomic mass is 10.1. The van der Waals surface area contributed by atoms with E-state index in [2.05, 4.69) is 39.3 Å². The van der Waals surface area contributed by atoms with Gasteiger partial charge in [-0.15, -0.1) is 0 Å². The van der Waals surface area contributed by atoms with Crippen LogP contribution in [0.1, 0.15) is 24.8 Å². The number of hydrazine groups is 1. The van der Waals surface area contributed by atoms with Gasteiger partial charge >= 0.3 is 0 Å². The first-order valence-electron chi connectivity index (χ1n) is 11.0. The monoisotopic (exact) mass is 451 g/mol.